The van der Waals surface area contributed by atoms with Crippen molar-refractivity contribution in [3.63, 3.8) is 0 Å². The average Bonchev–Trinajstić information content (AvgIpc) is 2.79. The van der Waals surface area contributed by atoms with Gasteiger partial charge in [-0.3, -0.25) is 4.79 Å². The Hall–Kier alpha value is -2.08. The number of benzene rings is 2. The summed E-state index contributed by atoms with van der Waals surface area (Å²) in [5.41, 5.74) is 6.57. The second-order valence-electron chi connectivity index (χ2n) is 8.09. The number of rotatable bonds is 12. The van der Waals surface area contributed by atoms with Crippen molar-refractivity contribution in [1.82, 2.24) is 5.32 Å². The molecular weight excluding hydrogens is 540 g/mol. The Morgan fingerprint density at radius 3 is 2.24 bits per heavy atom. The van der Waals surface area contributed by atoms with E-state index in [1.807, 2.05) is 12.1 Å². The van der Waals surface area contributed by atoms with Crippen molar-refractivity contribution in [1.29, 1.82) is 0 Å². The maximum absolute atomic E-state index is 12.5. The van der Waals surface area contributed by atoms with Gasteiger partial charge in [0, 0.05) is 22.8 Å². The summed E-state index contributed by atoms with van der Waals surface area (Å²) in [5.74, 6) is -0.213. The molecule has 0 fully saturated rings. The summed E-state index contributed by atoms with van der Waals surface area (Å²) in [6.45, 7) is 6.11. The Kier molecular flexibility index (Phi) is 9.98. The molecule has 11 heteroatoms. The minimum atomic E-state index is -3.78. The van der Waals surface area contributed by atoms with Crippen LogP contribution >= 0.6 is 15.9 Å². The smallest absolute Gasteiger partial charge is 0.258 e. The SMILES string of the molecule is CC[Si](CC)(CC)O[C@@H](CNC(=O)COc1ccc(Br)cc1)c1ccc(O)c(S(C)(=O)=O)c1N. The first kappa shape index (κ1) is 28.2. The standard InChI is InChI=1S/C23H33BrN2O6SSi/c1-5-34(6-2,7-3)32-20(18-12-13-19(27)23(22(18)25)33(4,29)30)14-26-21(28)15-31-17-10-8-16(24)9-11-17/h8-13,20,27H,5-7,14-15,25H2,1-4H3,(H,26,28)/t20-/m0/s1. The van der Waals surface area contributed by atoms with Gasteiger partial charge in [-0.1, -0.05) is 42.8 Å². The molecule has 0 aliphatic rings. The first-order valence-corrected chi connectivity index (χ1v) is 16.3. The maximum atomic E-state index is 12.5. The van der Waals surface area contributed by atoms with Crippen molar-refractivity contribution in [3.05, 3.63) is 46.4 Å². The van der Waals surface area contributed by atoms with Crippen LogP contribution in [0.2, 0.25) is 18.1 Å². The Morgan fingerprint density at radius 2 is 1.71 bits per heavy atom. The number of carbonyl (C=O) groups excluding carboxylic acids is 1. The molecule has 0 heterocycles. The predicted octanol–water partition coefficient (Wildman–Crippen LogP) is 4.40. The molecule has 2 rings (SSSR count). The van der Waals surface area contributed by atoms with Gasteiger partial charge in [-0.2, -0.15) is 0 Å². The summed E-state index contributed by atoms with van der Waals surface area (Å²) < 4.78 is 37.5. The van der Waals surface area contributed by atoms with E-state index in [0.29, 0.717) is 11.3 Å². The highest BCUT2D eigenvalue weighted by Crippen LogP contribution is 2.38. The van der Waals surface area contributed by atoms with Crippen LogP contribution in [0.25, 0.3) is 0 Å². The van der Waals surface area contributed by atoms with Crippen LogP contribution in [0.5, 0.6) is 11.5 Å². The highest BCUT2D eigenvalue weighted by Gasteiger charge is 2.34. The lowest BCUT2D eigenvalue weighted by molar-refractivity contribution is -0.123. The molecule has 2 aromatic rings. The number of nitrogen functional groups attached to an aromatic ring is 1. The van der Waals surface area contributed by atoms with Crippen LogP contribution in [0.4, 0.5) is 5.69 Å². The van der Waals surface area contributed by atoms with E-state index in [-0.39, 0.29) is 29.6 Å². The Morgan fingerprint density at radius 1 is 1.12 bits per heavy atom. The molecule has 1 atom stereocenters. The molecule has 0 saturated carbocycles. The number of carbonyl (C=O) groups is 1. The van der Waals surface area contributed by atoms with Gasteiger partial charge in [-0.15, -0.1) is 0 Å². The Labute approximate surface area is 211 Å². The van der Waals surface area contributed by atoms with Crippen LogP contribution in [-0.4, -0.2) is 47.2 Å². The van der Waals surface area contributed by atoms with Crippen molar-refractivity contribution in [2.75, 3.05) is 25.1 Å². The molecule has 0 aliphatic carbocycles. The molecule has 1 amide bonds. The van der Waals surface area contributed by atoms with Gasteiger partial charge < -0.3 is 25.3 Å². The van der Waals surface area contributed by atoms with Crippen molar-refractivity contribution < 1.29 is 27.5 Å². The van der Waals surface area contributed by atoms with E-state index >= 15 is 0 Å². The summed E-state index contributed by atoms with van der Waals surface area (Å²) in [6.07, 6.45) is 0.312. The van der Waals surface area contributed by atoms with Gasteiger partial charge in [0.15, 0.2) is 24.8 Å². The molecule has 8 nitrogen and oxygen atoms in total. The summed E-state index contributed by atoms with van der Waals surface area (Å²) in [4.78, 5) is 12.2. The Balaban J connectivity index is 2.28. The van der Waals surface area contributed by atoms with Crippen LogP contribution in [0.3, 0.4) is 0 Å². The normalized spacial score (nSPS) is 12.9. The van der Waals surface area contributed by atoms with Gasteiger partial charge in [-0.25, -0.2) is 8.42 Å². The number of hydrogen-bond donors (Lipinski definition) is 3. The van der Waals surface area contributed by atoms with Crippen molar-refractivity contribution in [2.45, 2.75) is 49.9 Å². The lowest BCUT2D eigenvalue weighted by Gasteiger charge is -2.34. The number of aromatic hydroxyl groups is 1. The number of nitrogens with two attached hydrogens (primary N) is 1. The number of phenols is 1. The zero-order valence-corrected chi connectivity index (χ0v) is 23.3. The zero-order chi connectivity index (χ0) is 25.5. The van der Waals surface area contributed by atoms with Crippen LogP contribution in [-0.2, 0) is 19.1 Å². The van der Waals surface area contributed by atoms with Crippen molar-refractivity contribution in [2.24, 2.45) is 0 Å². The van der Waals surface area contributed by atoms with Gasteiger partial charge in [0.1, 0.15) is 16.4 Å². The zero-order valence-electron chi connectivity index (χ0n) is 19.9. The molecule has 0 aliphatic heterocycles. The maximum Gasteiger partial charge on any atom is 0.258 e. The minimum Gasteiger partial charge on any atom is -0.507 e. The molecule has 2 aromatic carbocycles. The fourth-order valence-corrected chi connectivity index (χ4v) is 7.77. The van der Waals surface area contributed by atoms with Gasteiger partial charge in [0.2, 0.25) is 0 Å². The Bertz CT molecular complexity index is 1080. The first-order chi connectivity index (χ1) is 16.0. The third-order valence-electron chi connectivity index (χ3n) is 5.92. The molecular formula is C23H33BrN2O6SSi. The monoisotopic (exact) mass is 572 g/mol. The number of anilines is 1. The summed E-state index contributed by atoms with van der Waals surface area (Å²) >= 11 is 3.35. The largest absolute Gasteiger partial charge is 0.507 e. The number of sulfone groups is 1. The number of halogens is 1. The van der Waals surface area contributed by atoms with Gasteiger partial charge >= 0.3 is 0 Å². The van der Waals surface area contributed by atoms with Crippen molar-refractivity contribution >= 4 is 45.7 Å². The van der Waals surface area contributed by atoms with E-state index in [0.717, 1.165) is 28.9 Å². The fraction of sp³-hybridized carbons (Fsp3) is 0.435. The van der Waals surface area contributed by atoms with Gasteiger partial charge in [0.25, 0.3) is 5.91 Å². The second kappa shape index (κ2) is 12.1. The molecule has 4 N–H and O–H groups in total. The molecule has 0 saturated heterocycles. The van der Waals surface area contributed by atoms with E-state index in [1.54, 1.807) is 18.2 Å². The summed E-state index contributed by atoms with van der Waals surface area (Å²) in [6, 6.07) is 12.5. The van der Waals surface area contributed by atoms with E-state index in [1.165, 1.54) is 6.07 Å². The number of ether oxygens (including phenoxy) is 1. The van der Waals surface area contributed by atoms with Crippen LogP contribution in [0.1, 0.15) is 32.4 Å². The summed E-state index contributed by atoms with van der Waals surface area (Å²) in [7, 11) is -5.95. The molecule has 0 spiro atoms. The average molecular weight is 574 g/mol. The van der Waals surface area contributed by atoms with Gasteiger partial charge in [-0.05, 0) is 48.5 Å². The topological polar surface area (TPSA) is 128 Å². The molecule has 0 unspecified atom stereocenters. The van der Waals surface area contributed by atoms with E-state index in [2.05, 4.69) is 42.0 Å². The van der Waals surface area contributed by atoms with E-state index < -0.39 is 30.0 Å². The molecule has 34 heavy (non-hydrogen) atoms. The highest BCUT2D eigenvalue weighted by molar-refractivity contribution is 9.10. The molecule has 0 radical (unpaired) electrons. The van der Waals surface area contributed by atoms with Crippen LogP contribution in [0, 0.1) is 0 Å². The fourth-order valence-electron chi connectivity index (χ4n) is 3.73. The van der Waals surface area contributed by atoms with Gasteiger partial charge in [0.05, 0.1) is 11.8 Å². The number of hydrogen-bond acceptors (Lipinski definition) is 7. The third-order valence-corrected chi connectivity index (χ3v) is 12.3. The number of amides is 1. The quantitative estimate of drug-likeness (QED) is 0.254. The molecule has 0 bridgehead atoms. The lowest BCUT2D eigenvalue weighted by Crippen LogP contribution is -2.41. The predicted molar refractivity (Wildman–Crippen MR) is 139 cm³/mol. The van der Waals surface area contributed by atoms with Crippen LogP contribution in [0.15, 0.2) is 45.8 Å². The first-order valence-electron chi connectivity index (χ1n) is 11.1. The lowest BCUT2D eigenvalue weighted by atomic mass is 10.1. The van der Waals surface area contributed by atoms with E-state index in [4.69, 9.17) is 14.9 Å². The van der Waals surface area contributed by atoms with E-state index in [9.17, 15) is 18.3 Å². The molecule has 188 valence electrons. The molecule has 0 aromatic heterocycles. The summed E-state index contributed by atoms with van der Waals surface area (Å²) in [5, 5.41) is 13.0. The minimum absolute atomic E-state index is 0.0703. The van der Waals surface area contributed by atoms with Crippen LogP contribution < -0.4 is 15.8 Å². The number of nitrogens with one attached hydrogen (secondary N) is 1. The second-order valence-corrected chi connectivity index (χ2v) is 15.7. The highest BCUT2D eigenvalue weighted by atomic mass is 79.9. The number of phenolic OH excluding ortho intramolecular Hbond substituents is 1. The van der Waals surface area contributed by atoms with Crippen molar-refractivity contribution in [3.8, 4) is 11.5 Å². The third kappa shape index (κ3) is 7.21.